The second-order valence-corrected chi connectivity index (χ2v) is 6.76. The van der Waals surface area contributed by atoms with E-state index in [1.807, 2.05) is 30.3 Å². The first kappa shape index (κ1) is 20.3. The molecule has 3 heteroatoms. The van der Waals surface area contributed by atoms with Gasteiger partial charge in [0.15, 0.2) is 0 Å². The highest BCUT2D eigenvalue weighted by Crippen LogP contribution is 2.25. The fourth-order valence-corrected chi connectivity index (χ4v) is 3.28. The number of hydrogen-bond donors (Lipinski definition) is 1. The van der Waals surface area contributed by atoms with E-state index >= 15 is 0 Å². The van der Waals surface area contributed by atoms with Crippen molar-refractivity contribution in [1.29, 1.82) is 0 Å². The summed E-state index contributed by atoms with van der Waals surface area (Å²) < 4.78 is 11.9. The van der Waals surface area contributed by atoms with Crippen LogP contribution in [0.4, 0.5) is 0 Å². The van der Waals surface area contributed by atoms with E-state index in [0.717, 1.165) is 19.5 Å². The van der Waals surface area contributed by atoms with Crippen LogP contribution in [0.1, 0.15) is 35.3 Å². The molecular weight excluding hydrogens is 346 g/mol. The molecule has 0 amide bonds. The van der Waals surface area contributed by atoms with E-state index in [4.69, 9.17) is 9.47 Å². The van der Waals surface area contributed by atoms with Crippen LogP contribution in [0, 0.1) is 0 Å². The van der Waals surface area contributed by atoms with Crippen LogP contribution in [0.3, 0.4) is 0 Å². The molecule has 0 fully saturated rings. The van der Waals surface area contributed by atoms with Crippen molar-refractivity contribution in [3.63, 3.8) is 0 Å². The van der Waals surface area contributed by atoms with Gasteiger partial charge in [-0.2, -0.15) is 0 Å². The number of ether oxygens (including phenoxy) is 2. The highest BCUT2D eigenvalue weighted by Gasteiger charge is 2.14. The fraction of sp³-hybridized carbons (Fsp3) is 0.280. The quantitative estimate of drug-likeness (QED) is 0.470. The van der Waals surface area contributed by atoms with Gasteiger partial charge in [0, 0.05) is 20.3 Å². The fourth-order valence-electron chi connectivity index (χ4n) is 3.28. The summed E-state index contributed by atoms with van der Waals surface area (Å²) in [6.07, 6.45) is 0.989. The standard InChI is InChI=1S/C25H29NO2/c1-27-24(21-12-5-2-6-13-21)20-26-18-11-19-28-25(22-14-7-3-8-15-22)23-16-9-4-10-17-23/h2-10,12-17,24-26H,11,18-20H2,1H3. The molecule has 1 N–H and O–H groups in total. The van der Waals surface area contributed by atoms with Crippen LogP contribution >= 0.6 is 0 Å². The van der Waals surface area contributed by atoms with Crippen molar-refractivity contribution in [3.8, 4) is 0 Å². The normalized spacial score (nSPS) is 12.2. The summed E-state index contributed by atoms with van der Waals surface area (Å²) in [5, 5.41) is 3.48. The maximum Gasteiger partial charge on any atom is 0.108 e. The maximum absolute atomic E-state index is 6.26. The molecule has 3 aromatic rings. The lowest BCUT2D eigenvalue weighted by atomic mass is 10.0. The van der Waals surface area contributed by atoms with Crippen LogP contribution in [-0.4, -0.2) is 26.8 Å². The van der Waals surface area contributed by atoms with Gasteiger partial charge in [-0.1, -0.05) is 91.0 Å². The summed E-state index contributed by atoms with van der Waals surface area (Å²) in [7, 11) is 1.76. The molecule has 28 heavy (non-hydrogen) atoms. The molecule has 1 unspecified atom stereocenters. The van der Waals surface area contributed by atoms with E-state index < -0.39 is 0 Å². The van der Waals surface area contributed by atoms with E-state index in [0.29, 0.717) is 6.61 Å². The Labute approximate surface area is 168 Å². The molecule has 0 bridgehead atoms. The minimum atomic E-state index is -0.0292. The smallest absolute Gasteiger partial charge is 0.108 e. The van der Waals surface area contributed by atoms with Crippen LogP contribution in [0.5, 0.6) is 0 Å². The first-order valence-electron chi connectivity index (χ1n) is 9.88. The van der Waals surface area contributed by atoms with Crippen molar-refractivity contribution in [2.24, 2.45) is 0 Å². The van der Waals surface area contributed by atoms with Crippen molar-refractivity contribution >= 4 is 0 Å². The zero-order valence-corrected chi connectivity index (χ0v) is 16.5. The van der Waals surface area contributed by atoms with Gasteiger partial charge in [-0.15, -0.1) is 0 Å². The van der Waals surface area contributed by atoms with E-state index in [-0.39, 0.29) is 12.2 Å². The first-order valence-corrected chi connectivity index (χ1v) is 9.88. The van der Waals surface area contributed by atoms with E-state index in [1.165, 1.54) is 16.7 Å². The van der Waals surface area contributed by atoms with Gasteiger partial charge in [-0.25, -0.2) is 0 Å². The molecule has 0 aromatic heterocycles. The average Bonchev–Trinajstić information content (AvgIpc) is 2.78. The number of hydrogen-bond acceptors (Lipinski definition) is 3. The Balaban J connectivity index is 1.46. The van der Waals surface area contributed by atoms with Gasteiger partial charge in [0.05, 0.1) is 6.10 Å². The van der Waals surface area contributed by atoms with Crippen LogP contribution in [-0.2, 0) is 9.47 Å². The van der Waals surface area contributed by atoms with Crippen LogP contribution < -0.4 is 5.32 Å². The maximum atomic E-state index is 6.26. The Bertz CT molecular complexity index is 738. The largest absolute Gasteiger partial charge is 0.375 e. The number of rotatable bonds is 11. The molecule has 0 spiro atoms. The molecule has 3 nitrogen and oxygen atoms in total. The van der Waals surface area contributed by atoms with Gasteiger partial charge in [0.2, 0.25) is 0 Å². The molecule has 0 aliphatic heterocycles. The zero-order valence-electron chi connectivity index (χ0n) is 16.5. The Morgan fingerprint density at radius 2 is 1.21 bits per heavy atom. The lowest BCUT2D eigenvalue weighted by Crippen LogP contribution is -2.24. The predicted octanol–water partition coefficient (Wildman–Crippen LogP) is 5.16. The summed E-state index contributed by atoms with van der Waals surface area (Å²) in [4.78, 5) is 0. The third-order valence-electron chi connectivity index (χ3n) is 4.77. The first-order chi connectivity index (χ1) is 13.9. The van der Waals surface area contributed by atoms with E-state index in [2.05, 4.69) is 66.0 Å². The lowest BCUT2D eigenvalue weighted by molar-refractivity contribution is 0.0755. The molecule has 146 valence electrons. The average molecular weight is 376 g/mol. The van der Waals surface area contributed by atoms with Gasteiger partial charge in [0.25, 0.3) is 0 Å². The van der Waals surface area contributed by atoms with Gasteiger partial charge in [-0.05, 0) is 29.7 Å². The van der Waals surface area contributed by atoms with Crippen LogP contribution in [0.2, 0.25) is 0 Å². The minimum absolute atomic E-state index is 0.0292. The summed E-state index contributed by atoms with van der Waals surface area (Å²) in [6, 6.07) is 31.1. The second kappa shape index (κ2) is 11.4. The molecular formula is C25H29NO2. The Kier molecular flexibility index (Phi) is 8.26. The molecule has 0 radical (unpaired) electrons. The van der Waals surface area contributed by atoms with Crippen molar-refractivity contribution in [2.75, 3.05) is 26.8 Å². The third-order valence-corrected chi connectivity index (χ3v) is 4.77. The number of nitrogens with one attached hydrogen (secondary N) is 1. The molecule has 1 atom stereocenters. The molecule has 3 aromatic carbocycles. The lowest BCUT2D eigenvalue weighted by Gasteiger charge is -2.20. The summed E-state index contributed by atoms with van der Waals surface area (Å²) in [5.41, 5.74) is 3.57. The zero-order chi connectivity index (χ0) is 19.4. The van der Waals surface area contributed by atoms with Crippen molar-refractivity contribution in [2.45, 2.75) is 18.6 Å². The molecule has 0 aliphatic carbocycles. The molecule has 0 heterocycles. The number of methoxy groups -OCH3 is 1. The Morgan fingerprint density at radius 1 is 0.714 bits per heavy atom. The number of benzene rings is 3. The monoisotopic (exact) mass is 375 g/mol. The third kappa shape index (κ3) is 6.03. The summed E-state index contributed by atoms with van der Waals surface area (Å²) in [6.45, 7) is 2.38. The Hall–Kier alpha value is -2.46. The van der Waals surface area contributed by atoms with Gasteiger partial charge >= 0.3 is 0 Å². The van der Waals surface area contributed by atoms with Crippen LogP contribution in [0.25, 0.3) is 0 Å². The Morgan fingerprint density at radius 3 is 1.71 bits per heavy atom. The van der Waals surface area contributed by atoms with Crippen molar-refractivity contribution in [3.05, 3.63) is 108 Å². The van der Waals surface area contributed by atoms with E-state index in [9.17, 15) is 0 Å². The molecule has 0 aliphatic rings. The minimum Gasteiger partial charge on any atom is -0.375 e. The van der Waals surface area contributed by atoms with Gasteiger partial charge in [0.1, 0.15) is 6.10 Å². The molecule has 3 rings (SSSR count). The van der Waals surface area contributed by atoms with Gasteiger partial charge in [-0.3, -0.25) is 0 Å². The van der Waals surface area contributed by atoms with Gasteiger partial charge < -0.3 is 14.8 Å². The van der Waals surface area contributed by atoms with Crippen molar-refractivity contribution in [1.82, 2.24) is 5.32 Å². The molecule has 0 saturated heterocycles. The second-order valence-electron chi connectivity index (χ2n) is 6.76. The molecule has 0 saturated carbocycles. The summed E-state index contributed by atoms with van der Waals surface area (Å²) in [5.74, 6) is 0. The van der Waals surface area contributed by atoms with E-state index in [1.54, 1.807) is 7.11 Å². The van der Waals surface area contributed by atoms with Crippen molar-refractivity contribution < 1.29 is 9.47 Å². The highest BCUT2D eigenvalue weighted by atomic mass is 16.5. The predicted molar refractivity (Wildman–Crippen MR) is 114 cm³/mol. The van der Waals surface area contributed by atoms with Crippen LogP contribution in [0.15, 0.2) is 91.0 Å². The SMILES string of the molecule is COC(CNCCCOC(c1ccccc1)c1ccccc1)c1ccccc1. The highest BCUT2D eigenvalue weighted by molar-refractivity contribution is 5.29. The topological polar surface area (TPSA) is 30.5 Å². The summed E-state index contributed by atoms with van der Waals surface area (Å²) >= 11 is 0.